The summed E-state index contributed by atoms with van der Waals surface area (Å²) < 4.78 is 0. The van der Waals surface area contributed by atoms with E-state index in [9.17, 15) is 4.79 Å². The zero-order valence-corrected chi connectivity index (χ0v) is 7.09. The molecule has 1 unspecified atom stereocenters. The van der Waals surface area contributed by atoms with E-state index in [0.717, 1.165) is 6.42 Å². The van der Waals surface area contributed by atoms with E-state index in [1.165, 1.54) is 0 Å². The summed E-state index contributed by atoms with van der Waals surface area (Å²) in [6, 6.07) is 0. The summed E-state index contributed by atoms with van der Waals surface area (Å²) in [7, 11) is 0. The maximum atomic E-state index is 11.0. The largest absolute Gasteiger partial charge is 0.353 e. The lowest BCUT2D eigenvalue weighted by molar-refractivity contribution is -0.124. The summed E-state index contributed by atoms with van der Waals surface area (Å²) in [6.07, 6.45) is 0.856. The van der Waals surface area contributed by atoms with Gasteiger partial charge in [0.15, 0.2) is 0 Å². The van der Waals surface area contributed by atoms with Crippen LogP contribution in [0.4, 0.5) is 0 Å². The third-order valence-electron chi connectivity index (χ3n) is 1.58. The Morgan fingerprint density at radius 1 is 1.73 bits per heavy atom. The molecule has 0 saturated carbocycles. The zero-order valence-electron chi connectivity index (χ0n) is 7.09. The first-order valence-corrected chi connectivity index (χ1v) is 3.81. The van der Waals surface area contributed by atoms with Crippen LogP contribution in [0.3, 0.4) is 0 Å². The predicted molar refractivity (Wildman–Crippen MR) is 42.6 cm³/mol. The van der Waals surface area contributed by atoms with Crippen molar-refractivity contribution in [2.45, 2.75) is 20.3 Å². The van der Waals surface area contributed by atoms with Crippen molar-refractivity contribution in [2.75, 3.05) is 13.2 Å². The molecule has 0 heterocycles. The molecule has 0 aromatic carbocycles. The van der Waals surface area contributed by atoms with Gasteiger partial charge in [-0.2, -0.15) is 0 Å². The molecule has 4 nitrogen and oxygen atoms in total. The highest BCUT2D eigenvalue weighted by atomic mass is 16.6. The first kappa shape index (κ1) is 10.4. The Morgan fingerprint density at radius 2 is 2.36 bits per heavy atom. The molecule has 0 bridgehead atoms. The smallest absolute Gasteiger partial charge is 0.222 e. The number of amides is 1. The van der Waals surface area contributed by atoms with Gasteiger partial charge in [-0.1, -0.05) is 13.8 Å². The van der Waals surface area contributed by atoms with Gasteiger partial charge in [0.1, 0.15) is 0 Å². The van der Waals surface area contributed by atoms with E-state index in [4.69, 9.17) is 5.90 Å². The molecule has 0 aromatic rings. The highest BCUT2D eigenvalue weighted by molar-refractivity contribution is 5.78. The lowest BCUT2D eigenvalue weighted by Gasteiger charge is -2.08. The molecule has 0 radical (unpaired) electrons. The third-order valence-corrected chi connectivity index (χ3v) is 1.58. The van der Waals surface area contributed by atoms with Crippen molar-refractivity contribution >= 4 is 5.91 Å². The second kappa shape index (κ2) is 6.12. The van der Waals surface area contributed by atoms with E-state index in [1.807, 2.05) is 13.8 Å². The van der Waals surface area contributed by atoms with Gasteiger partial charge in [0, 0.05) is 12.5 Å². The second-order valence-electron chi connectivity index (χ2n) is 2.47. The van der Waals surface area contributed by atoms with E-state index in [-0.39, 0.29) is 11.8 Å². The van der Waals surface area contributed by atoms with E-state index >= 15 is 0 Å². The summed E-state index contributed by atoms with van der Waals surface area (Å²) in [6.45, 7) is 4.71. The fraction of sp³-hybridized carbons (Fsp3) is 0.857. The van der Waals surface area contributed by atoms with Crippen molar-refractivity contribution in [3.8, 4) is 0 Å². The van der Waals surface area contributed by atoms with E-state index in [2.05, 4.69) is 10.2 Å². The van der Waals surface area contributed by atoms with E-state index in [1.54, 1.807) is 0 Å². The van der Waals surface area contributed by atoms with Gasteiger partial charge in [-0.25, -0.2) is 5.90 Å². The van der Waals surface area contributed by atoms with Gasteiger partial charge >= 0.3 is 0 Å². The van der Waals surface area contributed by atoms with Crippen LogP contribution >= 0.6 is 0 Å². The number of hydrogen-bond acceptors (Lipinski definition) is 3. The predicted octanol–water partition coefficient (Wildman–Crippen LogP) is 0.0390. The molecule has 0 saturated heterocycles. The Kier molecular flexibility index (Phi) is 5.78. The number of rotatable bonds is 5. The minimum Gasteiger partial charge on any atom is -0.353 e. The fourth-order valence-corrected chi connectivity index (χ4v) is 0.593. The van der Waals surface area contributed by atoms with Crippen molar-refractivity contribution in [3.63, 3.8) is 0 Å². The molecule has 0 aliphatic carbocycles. The monoisotopic (exact) mass is 160 g/mol. The topological polar surface area (TPSA) is 64.3 Å². The minimum atomic E-state index is 0.0598. The summed E-state index contributed by atoms with van der Waals surface area (Å²) in [4.78, 5) is 15.3. The molecule has 0 aliphatic heterocycles. The zero-order chi connectivity index (χ0) is 8.69. The van der Waals surface area contributed by atoms with Crippen molar-refractivity contribution in [1.29, 1.82) is 0 Å². The Labute approximate surface area is 67.0 Å². The molecule has 0 aliphatic rings. The summed E-state index contributed by atoms with van der Waals surface area (Å²) >= 11 is 0. The van der Waals surface area contributed by atoms with Crippen molar-refractivity contribution in [3.05, 3.63) is 0 Å². The standard InChI is InChI=1S/C7H16N2O2/c1-3-6(2)7(10)9-4-5-11-8/h6H,3-5,8H2,1-2H3,(H,9,10). The van der Waals surface area contributed by atoms with Gasteiger partial charge in [0.25, 0.3) is 0 Å². The molecule has 1 atom stereocenters. The first-order valence-electron chi connectivity index (χ1n) is 3.81. The quantitative estimate of drug-likeness (QED) is 0.441. The van der Waals surface area contributed by atoms with Gasteiger partial charge in [-0.3, -0.25) is 4.79 Å². The molecule has 0 spiro atoms. The maximum Gasteiger partial charge on any atom is 0.222 e. The van der Waals surface area contributed by atoms with Crippen molar-refractivity contribution in [1.82, 2.24) is 5.32 Å². The molecule has 0 rings (SSSR count). The molecule has 4 heteroatoms. The Morgan fingerprint density at radius 3 is 2.82 bits per heavy atom. The van der Waals surface area contributed by atoms with E-state index in [0.29, 0.717) is 13.2 Å². The number of carbonyl (C=O) groups is 1. The van der Waals surface area contributed by atoms with Gasteiger partial charge in [-0.15, -0.1) is 0 Å². The normalized spacial score (nSPS) is 12.6. The Hall–Kier alpha value is -0.610. The highest BCUT2D eigenvalue weighted by Gasteiger charge is 2.08. The number of carbonyl (C=O) groups excluding carboxylic acids is 1. The van der Waals surface area contributed by atoms with E-state index < -0.39 is 0 Å². The van der Waals surface area contributed by atoms with Crippen LogP contribution in [0.15, 0.2) is 0 Å². The first-order chi connectivity index (χ1) is 5.22. The lowest BCUT2D eigenvalue weighted by atomic mass is 10.1. The number of nitrogens with two attached hydrogens (primary N) is 1. The Balaban J connectivity index is 3.36. The van der Waals surface area contributed by atoms with Crippen LogP contribution in [-0.4, -0.2) is 19.1 Å². The average molecular weight is 160 g/mol. The van der Waals surface area contributed by atoms with Crippen LogP contribution in [0.5, 0.6) is 0 Å². The van der Waals surface area contributed by atoms with Gasteiger partial charge in [0.05, 0.1) is 6.61 Å². The van der Waals surface area contributed by atoms with Crippen LogP contribution in [-0.2, 0) is 9.63 Å². The molecule has 11 heavy (non-hydrogen) atoms. The summed E-state index contributed by atoms with van der Waals surface area (Å²) in [5.74, 6) is 4.91. The van der Waals surface area contributed by atoms with Crippen LogP contribution in [0, 0.1) is 5.92 Å². The van der Waals surface area contributed by atoms with Crippen molar-refractivity contribution in [2.24, 2.45) is 11.8 Å². The van der Waals surface area contributed by atoms with Crippen molar-refractivity contribution < 1.29 is 9.63 Å². The molecule has 3 N–H and O–H groups in total. The van der Waals surface area contributed by atoms with Crippen LogP contribution in [0.2, 0.25) is 0 Å². The summed E-state index contributed by atoms with van der Waals surface area (Å²) in [5, 5.41) is 2.69. The van der Waals surface area contributed by atoms with Crippen LogP contribution in [0.25, 0.3) is 0 Å². The molecule has 1 amide bonds. The number of nitrogens with one attached hydrogen (secondary N) is 1. The molecular weight excluding hydrogens is 144 g/mol. The van der Waals surface area contributed by atoms with Crippen LogP contribution in [0.1, 0.15) is 20.3 Å². The molecule has 66 valence electrons. The van der Waals surface area contributed by atoms with Gasteiger partial charge < -0.3 is 10.2 Å². The molecule has 0 fully saturated rings. The fourth-order valence-electron chi connectivity index (χ4n) is 0.593. The minimum absolute atomic E-state index is 0.0598. The van der Waals surface area contributed by atoms with Gasteiger partial charge in [0.2, 0.25) is 5.91 Å². The second-order valence-corrected chi connectivity index (χ2v) is 2.47. The SMILES string of the molecule is CCC(C)C(=O)NCCON. The maximum absolute atomic E-state index is 11.0. The highest BCUT2D eigenvalue weighted by Crippen LogP contribution is 1.98. The third kappa shape index (κ3) is 4.75. The average Bonchev–Trinajstić information content (AvgIpc) is 2.03. The van der Waals surface area contributed by atoms with Crippen LogP contribution < -0.4 is 11.2 Å². The summed E-state index contributed by atoms with van der Waals surface area (Å²) in [5.41, 5.74) is 0. The van der Waals surface area contributed by atoms with Gasteiger partial charge in [-0.05, 0) is 6.42 Å². The number of hydrogen-bond donors (Lipinski definition) is 2. The lowest BCUT2D eigenvalue weighted by Crippen LogP contribution is -2.32. The molecular formula is C7H16N2O2. The Bertz CT molecular complexity index is 117. The molecule has 0 aromatic heterocycles.